The van der Waals surface area contributed by atoms with Crippen molar-refractivity contribution >= 4 is 23.2 Å². The number of likely N-dealkylation sites (N-methyl/N-ethyl adjacent to an activating group) is 1. The predicted octanol–water partition coefficient (Wildman–Crippen LogP) is 3.41. The minimum atomic E-state index is 0.159. The summed E-state index contributed by atoms with van der Waals surface area (Å²) in [7, 11) is 2.19. The average molecular weight is 330 g/mol. The van der Waals surface area contributed by atoms with E-state index in [0.717, 1.165) is 38.0 Å². The molecule has 1 heterocycles. The van der Waals surface area contributed by atoms with Crippen LogP contribution in [0.25, 0.3) is 0 Å². The molecule has 1 aromatic carbocycles. The molecule has 3 nitrogen and oxygen atoms in total. The molecule has 1 saturated heterocycles. The fraction of sp³-hybridized carbons (Fsp3) is 0.625. The fourth-order valence-corrected chi connectivity index (χ4v) is 3.78. The topological polar surface area (TPSA) is 32.5 Å². The van der Waals surface area contributed by atoms with E-state index in [-0.39, 0.29) is 6.04 Å². The Morgan fingerprint density at radius 1 is 1.33 bits per heavy atom. The van der Waals surface area contributed by atoms with Crippen LogP contribution in [0, 0.1) is 0 Å². The van der Waals surface area contributed by atoms with Crippen molar-refractivity contribution in [3.63, 3.8) is 0 Å². The van der Waals surface area contributed by atoms with E-state index in [9.17, 15) is 0 Å². The van der Waals surface area contributed by atoms with Crippen molar-refractivity contribution in [1.29, 1.82) is 0 Å². The van der Waals surface area contributed by atoms with Crippen LogP contribution in [-0.2, 0) is 0 Å². The lowest BCUT2D eigenvalue weighted by molar-refractivity contribution is 0.131. The molecule has 2 unspecified atom stereocenters. The van der Waals surface area contributed by atoms with Gasteiger partial charge in [0, 0.05) is 41.8 Å². The number of halogens is 2. The first-order valence-corrected chi connectivity index (χ1v) is 8.41. The van der Waals surface area contributed by atoms with E-state index in [1.54, 1.807) is 0 Å². The molecule has 1 fully saturated rings. The molecule has 1 aliphatic rings. The highest BCUT2D eigenvalue weighted by Crippen LogP contribution is 2.32. The van der Waals surface area contributed by atoms with Crippen LogP contribution in [-0.4, -0.2) is 49.1 Å². The van der Waals surface area contributed by atoms with E-state index in [1.165, 1.54) is 0 Å². The van der Waals surface area contributed by atoms with Crippen molar-refractivity contribution in [3.05, 3.63) is 33.8 Å². The summed E-state index contributed by atoms with van der Waals surface area (Å²) in [5, 5.41) is 1.38. The smallest absolute Gasteiger partial charge is 0.0488 e. The summed E-state index contributed by atoms with van der Waals surface area (Å²) in [4.78, 5) is 4.93. The van der Waals surface area contributed by atoms with E-state index in [1.807, 2.05) is 18.2 Å². The third-order valence-corrected chi connectivity index (χ3v) is 4.93. The van der Waals surface area contributed by atoms with Gasteiger partial charge >= 0.3 is 0 Å². The zero-order valence-corrected chi connectivity index (χ0v) is 14.4. The van der Waals surface area contributed by atoms with E-state index in [2.05, 4.69) is 23.8 Å². The zero-order chi connectivity index (χ0) is 15.4. The fourth-order valence-electron chi connectivity index (χ4n) is 3.25. The molecule has 0 aromatic heterocycles. The van der Waals surface area contributed by atoms with Gasteiger partial charge in [-0.1, -0.05) is 36.2 Å². The highest BCUT2D eigenvalue weighted by molar-refractivity contribution is 6.35. The van der Waals surface area contributed by atoms with E-state index in [0.29, 0.717) is 22.6 Å². The van der Waals surface area contributed by atoms with Gasteiger partial charge in [0.25, 0.3) is 0 Å². The first-order valence-electron chi connectivity index (χ1n) is 7.66. The molecular weight excluding hydrogens is 305 g/mol. The molecule has 0 radical (unpaired) electrons. The Kier molecular flexibility index (Phi) is 6.33. The first kappa shape index (κ1) is 17.0. The second kappa shape index (κ2) is 7.80. The molecule has 118 valence electrons. The summed E-state index contributed by atoms with van der Waals surface area (Å²) in [6.07, 6.45) is 2.28. The predicted molar refractivity (Wildman–Crippen MR) is 91.2 cm³/mol. The van der Waals surface area contributed by atoms with Crippen LogP contribution in [0.2, 0.25) is 10.0 Å². The SMILES string of the molecule is CCC1CN(C)CCCN1C(CN)c1ccc(Cl)cc1Cl. The lowest BCUT2D eigenvalue weighted by Crippen LogP contribution is -2.44. The minimum Gasteiger partial charge on any atom is -0.329 e. The summed E-state index contributed by atoms with van der Waals surface area (Å²) in [5.74, 6) is 0. The van der Waals surface area contributed by atoms with Crippen LogP contribution in [0.1, 0.15) is 31.4 Å². The van der Waals surface area contributed by atoms with Gasteiger partial charge in [0.15, 0.2) is 0 Å². The summed E-state index contributed by atoms with van der Waals surface area (Å²) < 4.78 is 0. The minimum absolute atomic E-state index is 0.159. The number of rotatable bonds is 4. The molecule has 1 aromatic rings. The Morgan fingerprint density at radius 3 is 2.71 bits per heavy atom. The molecule has 0 spiro atoms. The number of nitrogens with zero attached hydrogens (tertiary/aromatic N) is 2. The van der Waals surface area contributed by atoms with Crippen LogP contribution < -0.4 is 5.73 Å². The molecular formula is C16H25Cl2N3. The summed E-state index contributed by atoms with van der Waals surface area (Å²) in [5.41, 5.74) is 7.19. The van der Waals surface area contributed by atoms with Crippen LogP contribution in [0.15, 0.2) is 18.2 Å². The van der Waals surface area contributed by atoms with E-state index >= 15 is 0 Å². The lowest BCUT2D eigenvalue weighted by Gasteiger charge is -2.37. The van der Waals surface area contributed by atoms with Crippen molar-refractivity contribution in [2.75, 3.05) is 33.2 Å². The Morgan fingerprint density at radius 2 is 2.10 bits per heavy atom. The van der Waals surface area contributed by atoms with Crippen molar-refractivity contribution in [1.82, 2.24) is 9.80 Å². The summed E-state index contributed by atoms with van der Waals surface area (Å²) in [6.45, 7) is 6.09. The highest BCUT2D eigenvalue weighted by Gasteiger charge is 2.29. The third-order valence-electron chi connectivity index (χ3n) is 4.36. The van der Waals surface area contributed by atoms with Gasteiger partial charge in [-0.3, -0.25) is 4.90 Å². The molecule has 2 atom stereocenters. The Balaban J connectivity index is 2.29. The van der Waals surface area contributed by atoms with Crippen LogP contribution >= 0.6 is 23.2 Å². The maximum Gasteiger partial charge on any atom is 0.0488 e. The van der Waals surface area contributed by atoms with Gasteiger partial charge in [0.2, 0.25) is 0 Å². The molecule has 0 amide bonds. The first-order chi connectivity index (χ1) is 10.1. The molecule has 0 bridgehead atoms. The maximum absolute atomic E-state index is 6.41. The lowest BCUT2D eigenvalue weighted by atomic mass is 10.0. The molecule has 21 heavy (non-hydrogen) atoms. The normalized spacial score (nSPS) is 23.0. The number of hydrogen-bond donors (Lipinski definition) is 1. The van der Waals surface area contributed by atoms with Crippen molar-refractivity contribution in [3.8, 4) is 0 Å². The Labute approximate surface area is 138 Å². The maximum atomic E-state index is 6.41. The molecule has 0 aliphatic carbocycles. The van der Waals surface area contributed by atoms with Crippen LogP contribution in [0.3, 0.4) is 0 Å². The molecule has 2 N–H and O–H groups in total. The van der Waals surface area contributed by atoms with Crippen molar-refractivity contribution in [2.24, 2.45) is 5.73 Å². The Hall–Kier alpha value is -0.320. The molecule has 1 aliphatic heterocycles. The third kappa shape index (κ3) is 4.11. The highest BCUT2D eigenvalue weighted by atomic mass is 35.5. The van der Waals surface area contributed by atoms with Gasteiger partial charge in [-0.05, 0) is 44.1 Å². The van der Waals surface area contributed by atoms with E-state index in [4.69, 9.17) is 28.9 Å². The molecule has 2 rings (SSSR count). The molecule has 5 heteroatoms. The van der Waals surface area contributed by atoms with Crippen molar-refractivity contribution < 1.29 is 0 Å². The zero-order valence-electron chi connectivity index (χ0n) is 12.9. The van der Waals surface area contributed by atoms with Gasteiger partial charge in [-0.25, -0.2) is 0 Å². The van der Waals surface area contributed by atoms with Crippen LogP contribution in [0.5, 0.6) is 0 Å². The van der Waals surface area contributed by atoms with Crippen molar-refractivity contribution in [2.45, 2.75) is 31.8 Å². The second-order valence-corrected chi connectivity index (χ2v) is 6.68. The van der Waals surface area contributed by atoms with Crippen LogP contribution in [0.4, 0.5) is 0 Å². The standard InChI is InChI=1S/C16H25Cl2N3/c1-3-13-11-20(2)7-4-8-21(13)16(10-19)14-6-5-12(17)9-15(14)18/h5-6,9,13,16H,3-4,7-8,10-11,19H2,1-2H3. The summed E-state index contributed by atoms with van der Waals surface area (Å²) >= 11 is 12.4. The molecule has 0 saturated carbocycles. The average Bonchev–Trinajstić information content (AvgIpc) is 2.63. The van der Waals surface area contributed by atoms with Gasteiger partial charge in [0.1, 0.15) is 0 Å². The van der Waals surface area contributed by atoms with Gasteiger partial charge in [0.05, 0.1) is 0 Å². The summed E-state index contributed by atoms with van der Waals surface area (Å²) in [6, 6.07) is 6.40. The second-order valence-electron chi connectivity index (χ2n) is 5.83. The Bertz CT molecular complexity index is 467. The van der Waals surface area contributed by atoms with Gasteiger partial charge in [-0.15, -0.1) is 0 Å². The monoisotopic (exact) mass is 329 g/mol. The number of hydrogen-bond acceptors (Lipinski definition) is 3. The van der Waals surface area contributed by atoms with Gasteiger partial charge < -0.3 is 10.6 Å². The largest absolute Gasteiger partial charge is 0.329 e. The van der Waals surface area contributed by atoms with E-state index < -0.39 is 0 Å². The number of benzene rings is 1. The number of nitrogens with two attached hydrogens (primary N) is 1. The quantitative estimate of drug-likeness (QED) is 0.918. The van der Waals surface area contributed by atoms with Gasteiger partial charge in [-0.2, -0.15) is 0 Å².